The molecule has 0 atom stereocenters. The highest BCUT2D eigenvalue weighted by Crippen LogP contribution is 2.28. The van der Waals surface area contributed by atoms with Crippen LogP contribution in [-0.4, -0.2) is 48.8 Å². The Morgan fingerprint density at radius 3 is 2.68 bits per heavy atom. The number of benzene rings is 1. The molecule has 1 fully saturated rings. The van der Waals surface area contributed by atoms with E-state index < -0.39 is 10.0 Å². The molecule has 1 aliphatic heterocycles. The molecule has 2 aromatic heterocycles. The number of morpholine rings is 1. The van der Waals surface area contributed by atoms with Gasteiger partial charge in [0.2, 0.25) is 10.0 Å². The van der Waals surface area contributed by atoms with Gasteiger partial charge in [-0.25, -0.2) is 13.1 Å². The molecule has 4 rings (SSSR count). The zero-order valence-electron chi connectivity index (χ0n) is 13.4. The summed E-state index contributed by atoms with van der Waals surface area (Å²) in [5, 5.41) is 6.38. The quantitative estimate of drug-likeness (QED) is 0.703. The lowest BCUT2D eigenvalue weighted by atomic mass is 10.3. The van der Waals surface area contributed by atoms with E-state index in [0.29, 0.717) is 26.3 Å². The summed E-state index contributed by atoms with van der Waals surface area (Å²) in [6, 6.07) is 12.8. The van der Waals surface area contributed by atoms with Crippen molar-refractivity contribution in [3.8, 4) is 16.3 Å². The van der Waals surface area contributed by atoms with Crippen molar-refractivity contribution in [3.05, 3.63) is 54.0 Å². The largest absolute Gasteiger partial charge is 0.379 e. The molecule has 3 aromatic rings. The van der Waals surface area contributed by atoms with E-state index in [-0.39, 0.29) is 4.90 Å². The second kappa shape index (κ2) is 6.72. The fourth-order valence-electron chi connectivity index (χ4n) is 2.83. The Bertz CT molecular complexity index is 959. The minimum atomic E-state index is -3.53. The van der Waals surface area contributed by atoms with Gasteiger partial charge in [0, 0.05) is 13.1 Å². The summed E-state index contributed by atoms with van der Waals surface area (Å²) in [5.74, 6) is 0. The number of hydrogen-bond acceptors (Lipinski definition) is 5. The first-order valence-electron chi connectivity index (χ1n) is 7.92. The summed E-state index contributed by atoms with van der Waals surface area (Å²) >= 11 is 1.62. The van der Waals surface area contributed by atoms with Gasteiger partial charge >= 0.3 is 0 Å². The van der Waals surface area contributed by atoms with Gasteiger partial charge in [-0.2, -0.15) is 9.40 Å². The van der Waals surface area contributed by atoms with Gasteiger partial charge in [0.25, 0.3) is 0 Å². The maximum absolute atomic E-state index is 12.9. The Morgan fingerprint density at radius 2 is 1.92 bits per heavy atom. The summed E-state index contributed by atoms with van der Waals surface area (Å²) in [7, 11) is -3.53. The first-order valence-corrected chi connectivity index (χ1v) is 10.2. The Balaban J connectivity index is 1.73. The van der Waals surface area contributed by atoms with E-state index >= 15 is 0 Å². The highest BCUT2D eigenvalue weighted by Gasteiger charge is 2.26. The number of sulfonamides is 1. The summed E-state index contributed by atoms with van der Waals surface area (Å²) in [5.41, 5.74) is 1.67. The second-order valence-corrected chi connectivity index (χ2v) is 8.50. The molecule has 0 bridgehead atoms. The van der Waals surface area contributed by atoms with Crippen molar-refractivity contribution in [1.82, 2.24) is 14.1 Å². The molecule has 0 aliphatic carbocycles. The number of thiophene rings is 1. The van der Waals surface area contributed by atoms with Crippen LogP contribution < -0.4 is 0 Å². The first-order chi connectivity index (χ1) is 12.2. The first kappa shape index (κ1) is 16.5. The summed E-state index contributed by atoms with van der Waals surface area (Å²) in [6.45, 7) is 1.63. The van der Waals surface area contributed by atoms with Crippen LogP contribution in [0.25, 0.3) is 16.3 Å². The van der Waals surface area contributed by atoms with Crippen LogP contribution in [0, 0.1) is 0 Å². The zero-order chi connectivity index (χ0) is 17.3. The van der Waals surface area contributed by atoms with E-state index in [1.54, 1.807) is 40.4 Å². The van der Waals surface area contributed by atoms with Gasteiger partial charge < -0.3 is 4.74 Å². The molecular formula is C17H17N3O3S2. The molecule has 6 nitrogen and oxygen atoms in total. The molecule has 25 heavy (non-hydrogen) atoms. The van der Waals surface area contributed by atoms with Crippen LogP contribution >= 0.6 is 11.3 Å². The van der Waals surface area contributed by atoms with Gasteiger partial charge in [-0.1, -0.05) is 12.1 Å². The lowest BCUT2D eigenvalue weighted by Crippen LogP contribution is -2.40. The molecule has 8 heteroatoms. The minimum Gasteiger partial charge on any atom is -0.379 e. The van der Waals surface area contributed by atoms with Crippen molar-refractivity contribution >= 4 is 21.4 Å². The Labute approximate surface area is 150 Å². The number of rotatable bonds is 4. The third-order valence-corrected chi connectivity index (χ3v) is 6.87. The summed E-state index contributed by atoms with van der Waals surface area (Å²) in [4.78, 5) is 1.36. The van der Waals surface area contributed by atoms with Crippen LogP contribution in [0.15, 0.2) is 58.9 Å². The zero-order valence-corrected chi connectivity index (χ0v) is 15.0. The van der Waals surface area contributed by atoms with Crippen LogP contribution in [0.1, 0.15) is 0 Å². The standard InChI is InChI=1S/C17H17N3O3S2/c21-25(22,19-8-10-23-11-9-19)15-4-1-3-14(13-15)20-16(6-7-18-20)17-5-2-12-24-17/h1-7,12-13H,8-11H2. The van der Waals surface area contributed by atoms with E-state index in [1.165, 1.54) is 4.31 Å². The van der Waals surface area contributed by atoms with Crippen LogP contribution in [-0.2, 0) is 14.8 Å². The van der Waals surface area contributed by atoms with Gasteiger partial charge in [-0.05, 0) is 35.7 Å². The van der Waals surface area contributed by atoms with Crippen molar-refractivity contribution in [2.45, 2.75) is 4.90 Å². The van der Waals surface area contributed by atoms with Crippen molar-refractivity contribution < 1.29 is 13.2 Å². The summed E-state index contributed by atoms with van der Waals surface area (Å²) in [6.07, 6.45) is 1.72. The number of ether oxygens (including phenoxy) is 1. The molecule has 0 saturated carbocycles. The van der Waals surface area contributed by atoms with Gasteiger partial charge in [-0.15, -0.1) is 11.3 Å². The van der Waals surface area contributed by atoms with Crippen LogP contribution in [0.2, 0.25) is 0 Å². The fourth-order valence-corrected chi connectivity index (χ4v) is 5.02. The second-order valence-electron chi connectivity index (χ2n) is 5.62. The topological polar surface area (TPSA) is 64.4 Å². The molecule has 0 N–H and O–H groups in total. The predicted molar refractivity (Wildman–Crippen MR) is 96.5 cm³/mol. The predicted octanol–water partition coefficient (Wildman–Crippen LogP) is 2.62. The maximum Gasteiger partial charge on any atom is 0.243 e. The number of hydrogen-bond donors (Lipinski definition) is 0. The van der Waals surface area contributed by atoms with E-state index in [4.69, 9.17) is 4.74 Å². The molecule has 130 valence electrons. The summed E-state index contributed by atoms with van der Waals surface area (Å²) < 4.78 is 34.2. The third kappa shape index (κ3) is 3.13. The fraction of sp³-hybridized carbons (Fsp3) is 0.235. The maximum atomic E-state index is 12.9. The lowest BCUT2D eigenvalue weighted by Gasteiger charge is -2.26. The Hall–Kier alpha value is -2.00. The lowest BCUT2D eigenvalue weighted by molar-refractivity contribution is 0.0730. The van der Waals surface area contributed by atoms with E-state index in [2.05, 4.69) is 5.10 Å². The monoisotopic (exact) mass is 375 g/mol. The van der Waals surface area contributed by atoms with E-state index in [9.17, 15) is 8.42 Å². The molecular weight excluding hydrogens is 358 g/mol. The number of aromatic nitrogens is 2. The highest BCUT2D eigenvalue weighted by atomic mass is 32.2. The van der Waals surface area contributed by atoms with Gasteiger partial charge in [0.05, 0.1) is 40.6 Å². The molecule has 3 heterocycles. The van der Waals surface area contributed by atoms with Gasteiger partial charge in [0.1, 0.15) is 0 Å². The van der Waals surface area contributed by atoms with Crippen LogP contribution in [0.4, 0.5) is 0 Å². The Kier molecular flexibility index (Phi) is 4.43. The molecule has 0 amide bonds. The molecule has 0 spiro atoms. The van der Waals surface area contributed by atoms with Crippen LogP contribution in [0.5, 0.6) is 0 Å². The third-order valence-electron chi connectivity index (χ3n) is 4.09. The molecule has 1 saturated heterocycles. The molecule has 1 aliphatic rings. The Morgan fingerprint density at radius 1 is 1.08 bits per heavy atom. The van der Waals surface area contributed by atoms with E-state index in [1.807, 2.05) is 29.6 Å². The molecule has 0 radical (unpaired) electrons. The molecule has 1 aromatic carbocycles. The SMILES string of the molecule is O=S(=O)(c1cccc(-n2nccc2-c2cccs2)c1)N1CCOCC1. The highest BCUT2D eigenvalue weighted by molar-refractivity contribution is 7.89. The smallest absolute Gasteiger partial charge is 0.243 e. The van der Waals surface area contributed by atoms with Crippen molar-refractivity contribution in [3.63, 3.8) is 0 Å². The number of nitrogens with zero attached hydrogens (tertiary/aromatic N) is 3. The average Bonchev–Trinajstić information content (AvgIpc) is 3.34. The molecule has 0 unspecified atom stereocenters. The van der Waals surface area contributed by atoms with Gasteiger partial charge in [0.15, 0.2) is 0 Å². The van der Waals surface area contributed by atoms with Crippen LogP contribution in [0.3, 0.4) is 0 Å². The van der Waals surface area contributed by atoms with Crippen molar-refractivity contribution in [2.24, 2.45) is 0 Å². The van der Waals surface area contributed by atoms with Crippen molar-refractivity contribution in [2.75, 3.05) is 26.3 Å². The average molecular weight is 375 g/mol. The minimum absolute atomic E-state index is 0.277. The van der Waals surface area contributed by atoms with Crippen molar-refractivity contribution in [1.29, 1.82) is 0 Å². The normalized spacial score (nSPS) is 16.2. The van der Waals surface area contributed by atoms with Gasteiger partial charge in [-0.3, -0.25) is 0 Å². The van der Waals surface area contributed by atoms with E-state index in [0.717, 1.165) is 16.3 Å².